The highest BCUT2D eigenvalue weighted by Crippen LogP contribution is 2.46. The smallest absolute Gasteiger partial charge is 0.410 e. The van der Waals surface area contributed by atoms with Crippen molar-refractivity contribution in [2.45, 2.75) is 36.4 Å². The average Bonchev–Trinajstić information content (AvgIpc) is 3.24. The van der Waals surface area contributed by atoms with Gasteiger partial charge in [0.25, 0.3) is 0 Å². The van der Waals surface area contributed by atoms with Crippen molar-refractivity contribution in [1.82, 2.24) is 4.90 Å². The van der Waals surface area contributed by atoms with E-state index in [1.807, 2.05) is 24.3 Å². The van der Waals surface area contributed by atoms with Crippen LogP contribution in [0.5, 0.6) is 5.75 Å². The van der Waals surface area contributed by atoms with E-state index in [2.05, 4.69) is 30.3 Å². The van der Waals surface area contributed by atoms with Crippen LogP contribution in [0, 0.1) is 11.3 Å². The molecule has 7 nitrogen and oxygen atoms in total. The third kappa shape index (κ3) is 3.93. The van der Waals surface area contributed by atoms with Gasteiger partial charge in [-0.15, -0.1) is 0 Å². The Morgan fingerprint density at radius 3 is 2.27 bits per heavy atom. The average molecular weight is 497 g/mol. The first-order valence-corrected chi connectivity index (χ1v) is 12.5. The highest BCUT2D eigenvalue weighted by Gasteiger charge is 2.50. The lowest BCUT2D eigenvalue weighted by molar-refractivity contribution is -0.137. The van der Waals surface area contributed by atoms with Crippen molar-refractivity contribution >= 4 is 6.09 Å². The molecule has 1 N–H and O–H groups in total. The Hall–Kier alpha value is -3.86. The van der Waals surface area contributed by atoms with E-state index in [1.165, 1.54) is 11.1 Å². The summed E-state index contributed by atoms with van der Waals surface area (Å²) in [7, 11) is 1.55. The maximum absolute atomic E-state index is 13.5. The number of rotatable bonds is 4. The second kappa shape index (κ2) is 9.22. The lowest BCUT2D eigenvalue weighted by Gasteiger charge is -2.51. The van der Waals surface area contributed by atoms with Gasteiger partial charge in [0.15, 0.2) is 0 Å². The molecule has 37 heavy (non-hydrogen) atoms. The minimum atomic E-state index is -1.25. The number of aliphatic hydroxyl groups is 1. The molecule has 0 spiro atoms. The largest absolute Gasteiger partial charge is 0.496 e. The van der Waals surface area contributed by atoms with Crippen molar-refractivity contribution in [3.8, 4) is 22.9 Å². The molecule has 2 heterocycles. The molecule has 1 aliphatic carbocycles. The first-order chi connectivity index (χ1) is 18.0. The molecule has 188 valence electrons. The van der Waals surface area contributed by atoms with Gasteiger partial charge in [0.2, 0.25) is 0 Å². The minimum absolute atomic E-state index is 0.0212. The number of morpholine rings is 1. The summed E-state index contributed by atoms with van der Waals surface area (Å²) in [6, 6.07) is 23.0. The Kier molecular flexibility index (Phi) is 5.86. The Labute approximate surface area is 215 Å². The van der Waals surface area contributed by atoms with Gasteiger partial charge in [-0.2, -0.15) is 5.26 Å². The lowest BCUT2D eigenvalue weighted by atomic mass is 9.76. The Morgan fingerprint density at radius 2 is 1.68 bits per heavy atom. The van der Waals surface area contributed by atoms with Gasteiger partial charge in [-0.05, 0) is 40.5 Å². The zero-order valence-corrected chi connectivity index (χ0v) is 20.6. The number of ether oxygens (including phenoxy) is 3. The third-order valence-corrected chi connectivity index (χ3v) is 7.93. The summed E-state index contributed by atoms with van der Waals surface area (Å²) in [6.45, 7) is 0.860. The van der Waals surface area contributed by atoms with Crippen molar-refractivity contribution in [3.05, 3.63) is 89.0 Å². The van der Waals surface area contributed by atoms with Crippen LogP contribution in [0.1, 0.15) is 41.0 Å². The maximum Gasteiger partial charge on any atom is 0.410 e. The molecule has 0 radical (unpaired) electrons. The molecule has 2 saturated heterocycles. The minimum Gasteiger partial charge on any atom is -0.496 e. The van der Waals surface area contributed by atoms with Gasteiger partial charge in [0, 0.05) is 24.3 Å². The van der Waals surface area contributed by atoms with Crippen LogP contribution in [-0.4, -0.2) is 55.1 Å². The summed E-state index contributed by atoms with van der Waals surface area (Å²) in [5.41, 5.74) is 4.46. The van der Waals surface area contributed by atoms with Crippen LogP contribution in [0.25, 0.3) is 11.1 Å². The van der Waals surface area contributed by atoms with Crippen LogP contribution in [0.15, 0.2) is 66.7 Å². The molecule has 2 aliphatic heterocycles. The fourth-order valence-corrected chi connectivity index (χ4v) is 6.30. The first kappa shape index (κ1) is 23.5. The van der Waals surface area contributed by atoms with Crippen molar-refractivity contribution in [1.29, 1.82) is 5.26 Å². The quantitative estimate of drug-likeness (QED) is 0.569. The number of benzene rings is 3. The second-order valence-corrected chi connectivity index (χ2v) is 10.0. The predicted molar refractivity (Wildman–Crippen MR) is 136 cm³/mol. The van der Waals surface area contributed by atoms with E-state index in [4.69, 9.17) is 14.2 Å². The number of carbonyl (C=O) groups excluding carboxylic acids is 1. The number of fused-ring (bicyclic) bond motifs is 5. The summed E-state index contributed by atoms with van der Waals surface area (Å²) < 4.78 is 17.2. The molecule has 7 heteroatoms. The van der Waals surface area contributed by atoms with Gasteiger partial charge < -0.3 is 19.3 Å². The maximum atomic E-state index is 13.5. The topological polar surface area (TPSA) is 92.0 Å². The Morgan fingerprint density at radius 1 is 1.05 bits per heavy atom. The Bertz CT molecular complexity index is 1340. The molecule has 3 aromatic rings. The van der Waals surface area contributed by atoms with E-state index in [9.17, 15) is 15.2 Å². The van der Waals surface area contributed by atoms with Crippen LogP contribution in [-0.2, 0) is 15.1 Å². The summed E-state index contributed by atoms with van der Waals surface area (Å²) in [4.78, 5) is 15.2. The van der Waals surface area contributed by atoms with E-state index in [1.54, 1.807) is 30.2 Å². The molecule has 2 bridgehead atoms. The monoisotopic (exact) mass is 496 g/mol. The molecule has 2 fully saturated rings. The van der Waals surface area contributed by atoms with Gasteiger partial charge in [-0.3, -0.25) is 4.90 Å². The van der Waals surface area contributed by atoms with Crippen molar-refractivity contribution in [2.75, 3.05) is 26.9 Å². The van der Waals surface area contributed by atoms with E-state index in [0.717, 1.165) is 11.1 Å². The van der Waals surface area contributed by atoms with Gasteiger partial charge in [-0.25, -0.2) is 4.79 Å². The molecule has 0 aromatic heterocycles. The normalized spacial score (nSPS) is 24.1. The van der Waals surface area contributed by atoms with Crippen LogP contribution >= 0.6 is 0 Å². The highest BCUT2D eigenvalue weighted by molar-refractivity contribution is 5.79. The Balaban J connectivity index is 1.22. The van der Waals surface area contributed by atoms with Gasteiger partial charge in [-0.1, -0.05) is 48.5 Å². The van der Waals surface area contributed by atoms with Crippen LogP contribution in [0.4, 0.5) is 4.79 Å². The van der Waals surface area contributed by atoms with E-state index in [-0.39, 0.29) is 43.5 Å². The fourth-order valence-electron chi connectivity index (χ4n) is 6.30. The van der Waals surface area contributed by atoms with Crippen LogP contribution in [0.3, 0.4) is 0 Å². The SMILES string of the molecule is COc1ccc(C#N)cc1C1(O)CC2COCC(C1)N2C(=O)OCC1c2ccccc2-c2ccccc21. The highest BCUT2D eigenvalue weighted by atomic mass is 16.6. The van der Waals surface area contributed by atoms with E-state index in [0.29, 0.717) is 30.1 Å². The number of piperidine rings is 1. The summed E-state index contributed by atoms with van der Waals surface area (Å²) >= 11 is 0. The second-order valence-electron chi connectivity index (χ2n) is 10.0. The van der Waals surface area contributed by atoms with Crippen molar-refractivity contribution in [3.63, 3.8) is 0 Å². The molecule has 2 unspecified atom stereocenters. The van der Waals surface area contributed by atoms with Gasteiger partial charge in [0.05, 0.1) is 49.6 Å². The predicted octanol–water partition coefficient (Wildman–Crippen LogP) is 4.57. The molecule has 1 amide bonds. The molecular weight excluding hydrogens is 468 g/mol. The van der Waals surface area contributed by atoms with E-state index >= 15 is 0 Å². The first-order valence-electron chi connectivity index (χ1n) is 12.5. The number of nitriles is 1. The standard InChI is InChI=1S/C30H28N2O5/c1-35-28-11-10-19(15-31)12-27(28)30(34)13-20-16-36-17-21(14-30)32(20)29(33)37-18-26-24-8-4-2-6-22(24)23-7-3-5-9-25(23)26/h2-12,20-21,26,34H,13-14,16-18H2,1H3. The van der Waals surface area contributed by atoms with E-state index < -0.39 is 5.60 Å². The van der Waals surface area contributed by atoms with Gasteiger partial charge in [0.1, 0.15) is 12.4 Å². The number of hydrogen-bond donors (Lipinski definition) is 1. The molecule has 0 saturated carbocycles. The van der Waals surface area contributed by atoms with Crippen LogP contribution in [0.2, 0.25) is 0 Å². The molecule has 6 rings (SSSR count). The summed E-state index contributed by atoms with van der Waals surface area (Å²) in [5, 5.41) is 21.2. The lowest BCUT2D eigenvalue weighted by Crippen LogP contribution is -2.62. The van der Waals surface area contributed by atoms with Gasteiger partial charge >= 0.3 is 6.09 Å². The molecule has 3 aromatic carbocycles. The van der Waals surface area contributed by atoms with Crippen LogP contribution < -0.4 is 4.74 Å². The zero-order valence-electron chi connectivity index (χ0n) is 20.6. The van der Waals surface area contributed by atoms with Crippen molar-refractivity contribution in [2.24, 2.45) is 0 Å². The molecule has 3 aliphatic rings. The zero-order chi connectivity index (χ0) is 25.6. The fraction of sp³-hybridized carbons (Fsp3) is 0.333. The number of carbonyl (C=O) groups is 1. The number of nitrogens with zero attached hydrogens (tertiary/aromatic N) is 2. The van der Waals surface area contributed by atoms with Crippen molar-refractivity contribution < 1.29 is 24.1 Å². The number of hydrogen-bond acceptors (Lipinski definition) is 6. The number of methoxy groups -OCH3 is 1. The number of amides is 1. The molecule has 2 atom stereocenters. The summed E-state index contributed by atoms with van der Waals surface area (Å²) in [6.07, 6.45) is 0.137. The molecular formula is C30H28N2O5. The third-order valence-electron chi connectivity index (χ3n) is 7.93. The summed E-state index contributed by atoms with van der Waals surface area (Å²) in [5.74, 6) is 0.502.